The van der Waals surface area contributed by atoms with E-state index < -0.39 is 11.9 Å². The topological polar surface area (TPSA) is 32.3 Å². The van der Waals surface area contributed by atoms with E-state index in [-0.39, 0.29) is 17.4 Å². The Hall–Kier alpha value is -1.65. The average molecular weight is 298 g/mol. The summed E-state index contributed by atoms with van der Waals surface area (Å²) in [4.78, 5) is 0. The molecule has 0 spiro atoms. The molecule has 1 atom stereocenters. The fraction of sp³-hybridized carbons (Fsp3) is 0.200. The molecule has 0 aliphatic heterocycles. The van der Waals surface area contributed by atoms with E-state index in [0.717, 1.165) is 5.56 Å². The molecule has 0 heterocycles. The minimum absolute atomic E-state index is 0.213. The Morgan fingerprint density at radius 3 is 2.50 bits per heavy atom. The molecule has 0 saturated carbocycles. The number of aryl methyl sites for hydroxylation is 1. The number of aliphatic hydroxyl groups excluding tert-OH is 1. The number of anilines is 1. The van der Waals surface area contributed by atoms with Gasteiger partial charge >= 0.3 is 0 Å². The van der Waals surface area contributed by atoms with Crippen LogP contribution in [-0.2, 0) is 0 Å². The molecule has 0 bridgehead atoms. The Balaban J connectivity index is 2.28. The molecular weight excluding hydrogens is 284 g/mol. The Morgan fingerprint density at radius 1 is 1.15 bits per heavy atom. The maximum atomic E-state index is 13.3. The van der Waals surface area contributed by atoms with E-state index in [4.69, 9.17) is 11.6 Å². The average Bonchev–Trinajstić information content (AvgIpc) is 2.35. The van der Waals surface area contributed by atoms with Crippen LogP contribution < -0.4 is 5.32 Å². The van der Waals surface area contributed by atoms with Crippen molar-refractivity contribution in [2.45, 2.75) is 13.0 Å². The number of benzene rings is 2. The number of rotatable bonds is 4. The van der Waals surface area contributed by atoms with Gasteiger partial charge in [-0.1, -0.05) is 17.7 Å². The Morgan fingerprint density at radius 2 is 1.90 bits per heavy atom. The van der Waals surface area contributed by atoms with Crippen molar-refractivity contribution >= 4 is 17.3 Å². The van der Waals surface area contributed by atoms with Crippen molar-refractivity contribution in [3.05, 3.63) is 64.2 Å². The van der Waals surface area contributed by atoms with Crippen molar-refractivity contribution in [3.8, 4) is 0 Å². The third kappa shape index (κ3) is 3.46. The van der Waals surface area contributed by atoms with Gasteiger partial charge in [0.05, 0.1) is 12.6 Å². The first kappa shape index (κ1) is 14.8. The van der Waals surface area contributed by atoms with Crippen LogP contribution in [0.5, 0.6) is 0 Å². The molecule has 2 aromatic carbocycles. The number of hydrogen-bond acceptors (Lipinski definition) is 2. The zero-order valence-electron chi connectivity index (χ0n) is 10.8. The highest BCUT2D eigenvalue weighted by molar-refractivity contribution is 6.31. The van der Waals surface area contributed by atoms with Crippen LogP contribution in [0.2, 0.25) is 5.02 Å². The molecule has 0 aliphatic carbocycles. The summed E-state index contributed by atoms with van der Waals surface area (Å²) in [5.74, 6) is -0.813. The summed E-state index contributed by atoms with van der Waals surface area (Å²) >= 11 is 5.97. The van der Waals surface area contributed by atoms with Gasteiger partial charge in [0.15, 0.2) is 0 Å². The molecule has 1 unspecified atom stereocenters. The van der Waals surface area contributed by atoms with Gasteiger partial charge in [-0.05, 0) is 48.4 Å². The molecular formula is C15H14ClF2NO. The lowest BCUT2D eigenvalue weighted by Gasteiger charge is -2.19. The monoisotopic (exact) mass is 297 g/mol. The molecule has 0 radical (unpaired) electrons. The first-order valence-corrected chi connectivity index (χ1v) is 6.47. The smallest absolute Gasteiger partial charge is 0.125 e. The maximum absolute atomic E-state index is 13.3. The molecule has 5 heteroatoms. The van der Waals surface area contributed by atoms with Crippen LogP contribution in [0.3, 0.4) is 0 Å². The summed E-state index contributed by atoms with van der Waals surface area (Å²) in [6.07, 6.45) is 0. The van der Waals surface area contributed by atoms with E-state index in [1.165, 1.54) is 30.3 Å². The van der Waals surface area contributed by atoms with Gasteiger partial charge in [-0.25, -0.2) is 8.78 Å². The lowest BCUT2D eigenvalue weighted by Crippen LogP contribution is -2.15. The van der Waals surface area contributed by atoms with Crippen molar-refractivity contribution in [1.82, 2.24) is 0 Å². The van der Waals surface area contributed by atoms with E-state index in [9.17, 15) is 13.9 Å². The second kappa shape index (κ2) is 6.20. The number of hydrogen-bond donors (Lipinski definition) is 2. The normalized spacial score (nSPS) is 12.2. The van der Waals surface area contributed by atoms with Crippen LogP contribution in [0.4, 0.5) is 14.5 Å². The summed E-state index contributed by atoms with van der Waals surface area (Å²) in [5, 5.41) is 12.7. The van der Waals surface area contributed by atoms with E-state index in [0.29, 0.717) is 11.3 Å². The van der Waals surface area contributed by atoms with Gasteiger partial charge in [0, 0.05) is 10.7 Å². The highest BCUT2D eigenvalue weighted by Crippen LogP contribution is 2.27. The van der Waals surface area contributed by atoms with E-state index in [1.54, 1.807) is 13.0 Å². The summed E-state index contributed by atoms with van der Waals surface area (Å²) in [5.41, 5.74) is 1.84. The quantitative estimate of drug-likeness (QED) is 0.891. The third-order valence-electron chi connectivity index (χ3n) is 2.90. The van der Waals surface area contributed by atoms with Gasteiger partial charge in [-0.15, -0.1) is 0 Å². The second-order valence-electron chi connectivity index (χ2n) is 4.56. The standard InChI is InChI=1S/C15H14ClF2NO/c1-9-4-11(18)6-12(5-9)19-15(8-20)13-3-2-10(17)7-14(13)16/h2-7,15,19-20H,8H2,1H3. The zero-order chi connectivity index (χ0) is 14.7. The lowest BCUT2D eigenvalue weighted by atomic mass is 10.1. The highest BCUT2D eigenvalue weighted by atomic mass is 35.5. The number of halogens is 3. The molecule has 2 nitrogen and oxygen atoms in total. The summed E-state index contributed by atoms with van der Waals surface area (Å²) in [6, 6.07) is 7.89. The largest absolute Gasteiger partial charge is 0.394 e. The van der Waals surface area contributed by atoms with Crippen LogP contribution in [0.25, 0.3) is 0 Å². The van der Waals surface area contributed by atoms with Gasteiger partial charge in [0.25, 0.3) is 0 Å². The number of aliphatic hydroxyl groups is 1. The highest BCUT2D eigenvalue weighted by Gasteiger charge is 2.15. The van der Waals surface area contributed by atoms with Crippen LogP contribution in [0.1, 0.15) is 17.2 Å². The third-order valence-corrected chi connectivity index (χ3v) is 3.23. The predicted molar refractivity (Wildman–Crippen MR) is 76.0 cm³/mol. The Labute approximate surface area is 121 Å². The van der Waals surface area contributed by atoms with E-state index in [2.05, 4.69) is 5.32 Å². The van der Waals surface area contributed by atoms with E-state index >= 15 is 0 Å². The van der Waals surface area contributed by atoms with Crippen LogP contribution in [0.15, 0.2) is 36.4 Å². The zero-order valence-corrected chi connectivity index (χ0v) is 11.6. The van der Waals surface area contributed by atoms with Crippen molar-refractivity contribution in [2.75, 3.05) is 11.9 Å². The van der Waals surface area contributed by atoms with Gasteiger partial charge < -0.3 is 10.4 Å². The predicted octanol–water partition coefficient (Wildman–Crippen LogP) is 4.07. The molecule has 0 amide bonds. The summed E-state index contributed by atoms with van der Waals surface area (Å²) in [7, 11) is 0. The maximum Gasteiger partial charge on any atom is 0.125 e. The number of nitrogens with one attached hydrogen (secondary N) is 1. The molecule has 0 fully saturated rings. The second-order valence-corrected chi connectivity index (χ2v) is 4.97. The van der Waals surface area contributed by atoms with Gasteiger partial charge in [0.2, 0.25) is 0 Å². The molecule has 106 valence electrons. The summed E-state index contributed by atoms with van der Waals surface area (Å²) in [6.45, 7) is 1.52. The Kier molecular flexibility index (Phi) is 4.57. The minimum atomic E-state index is -0.538. The Bertz CT molecular complexity index is 599. The first-order valence-electron chi connectivity index (χ1n) is 6.09. The lowest BCUT2D eigenvalue weighted by molar-refractivity contribution is 0.276. The van der Waals surface area contributed by atoms with E-state index in [1.807, 2.05) is 0 Å². The van der Waals surface area contributed by atoms with Crippen molar-refractivity contribution in [2.24, 2.45) is 0 Å². The molecule has 2 rings (SSSR count). The van der Waals surface area contributed by atoms with Crippen LogP contribution >= 0.6 is 11.6 Å². The van der Waals surface area contributed by atoms with Crippen LogP contribution in [-0.4, -0.2) is 11.7 Å². The summed E-state index contributed by atoms with van der Waals surface area (Å²) < 4.78 is 26.4. The van der Waals surface area contributed by atoms with Crippen molar-refractivity contribution < 1.29 is 13.9 Å². The van der Waals surface area contributed by atoms with Crippen molar-refractivity contribution in [3.63, 3.8) is 0 Å². The van der Waals surface area contributed by atoms with Gasteiger partial charge in [-0.3, -0.25) is 0 Å². The molecule has 0 aliphatic rings. The molecule has 0 saturated heterocycles. The van der Waals surface area contributed by atoms with Crippen LogP contribution in [0, 0.1) is 18.6 Å². The first-order chi connectivity index (χ1) is 9.49. The fourth-order valence-corrected chi connectivity index (χ4v) is 2.33. The minimum Gasteiger partial charge on any atom is -0.394 e. The van der Waals surface area contributed by atoms with Gasteiger partial charge in [-0.2, -0.15) is 0 Å². The molecule has 20 heavy (non-hydrogen) atoms. The SMILES string of the molecule is Cc1cc(F)cc(NC(CO)c2ccc(F)cc2Cl)c1. The molecule has 0 aromatic heterocycles. The fourth-order valence-electron chi connectivity index (χ4n) is 2.03. The molecule has 2 aromatic rings. The molecule has 2 N–H and O–H groups in total. The van der Waals surface area contributed by atoms with Crippen molar-refractivity contribution in [1.29, 1.82) is 0 Å². The van der Waals surface area contributed by atoms with Gasteiger partial charge in [0.1, 0.15) is 11.6 Å².